The normalized spacial score (nSPS) is 28.3. The molecule has 5 heteroatoms. The van der Waals surface area contributed by atoms with Crippen LogP contribution >= 0.6 is 0 Å². The van der Waals surface area contributed by atoms with E-state index < -0.39 is 0 Å². The van der Waals surface area contributed by atoms with Gasteiger partial charge in [-0.2, -0.15) is 0 Å². The van der Waals surface area contributed by atoms with Gasteiger partial charge in [0.15, 0.2) is 0 Å². The van der Waals surface area contributed by atoms with E-state index in [0.717, 1.165) is 58.0 Å². The van der Waals surface area contributed by atoms with Gasteiger partial charge >= 0.3 is 0 Å². The van der Waals surface area contributed by atoms with Crippen molar-refractivity contribution in [2.45, 2.75) is 57.5 Å². The van der Waals surface area contributed by atoms with Crippen LogP contribution < -0.4 is 0 Å². The van der Waals surface area contributed by atoms with Gasteiger partial charge in [-0.1, -0.05) is 6.42 Å². The fourth-order valence-corrected chi connectivity index (χ4v) is 3.89. The molecule has 2 aliphatic heterocycles. The lowest BCUT2D eigenvalue weighted by Gasteiger charge is -2.36. The Morgan fingerprint density at radius 2 is 1.67 bits per heavy atom. The number of carbonyl (C=O) groups excluding carboxylic acids is 2. The molecule has 0 aromatic rings. The predicted molar refractivity (Wildman–Crippen MR) is 80.8 cm³/mol. The summed E-state index contributed by atoms with van der Waals surface area (Å²) in [5.41, 5.74) is 0. The number of hydrogen-bond donors (Lipinski definition) is 0. The molecule has 0 aromatic heterocycles. The van der Waals surface area contributed by atoms with E-state index in [2.05, 4.69) is 4.90 Å². The molecule has 0 N–H and O–H groups in total. The van der Waals surface area contributed by atoms with Crippen LogP contribution in [0.1, 0.15) is 45.4 Å². The van der Waals surface area contributed by atoms with Crippen LogP contribution in [0.15, 0.2) is 0 Å². The van der Waals surface area contributed by atoms with Crippen molar-refractivity contribution in [3.05, 3.63) is 0 Å². The first kappa shape index (κ1) is 14.8. The summed E-state index contributed by atoms with van der Waals surface area (Å²) in [5, 5.41) is 0. The van der Waals surface area contributed by atoms with Crippen molar-refractivity contribution >= 4 is 11.8 Å². The van der Waals surface area contributed by atoms with E-state index in [4.69, 9.17) is 0 Å². The monoisotopic (exact) mass is 293 g/mol. The molecule has 1 atom stereocenters. The maximum Gasteiger partial charge on any atom is 0.245 e. The van der Waals surface area contributed by atoms with Crippen LogP contribution in [-0.2, 0) is 9.59 Å². The smallest absolute Gasteiger partial charge is 0.245 e. The Labute approximate surface area is 127 Å². The van der Waals surface area contributed by atoms with Crippen LogP contribution in [0.25, 0.3) is 0 Å². The standard InChI is InChI=1S/C16H27N3O2/c1-13(20)19-10-3-7-15(19)16(21)18-9-4-8-17(11-12-18)14-5-2-6-14/h14-15H,2-12H2,1H3/t15-/m0/s1. The van der Waals surface area contributed by atoms with Gasteiger partial charge in [-0.3, -0.25) is 14.5 Å². The molecule has 2 amide bonds. The highest BCUT2D eigenvalue weighted by Gasteiger charge is 2.36. The third-order valence-electron chi connectivity index (χ3n) is 5.38. The lowest BCUT2D eigenvalue weighted by Crippen LogP contribution is -2.48. The third kappa shape index (κ3) is 3.07. The summed E-state index contributed by atoms with van der Waals surface area (Å²) in [5.74, 6) is 0.218. The molecular weight excluding hydrogens is 266 g/mol. The number of nitrogens with zero attached hydrogens (tertiary/aromatic N) is 3. The van der Waals surface area contributed by atoms with Gasteiger partial charge in [0.05, 0.1) is 0 Å². The summed E-state index contributed by atoms with van der Waals surface area (Å²) in [7, 11) is 0. The number of hydrogen-bond acceptors (Lipinski definition) is 3. The molecule has 5 nitrogen and oxygen atoms in total. The SMILES string of the molecule is CC(=O)N1CCC[C@H]1C(=O)N1CCCN(C2CCC2)CC1. The van der Waals surface area contributed by atoms with Crippen LogP contribution in [0.3, 0.4) is 0 Å². The number of amides is 2. The quantitative estimate of drug-likeness (QED) is 0.765. The Morgan fingerprint density at radius 3 is 2.33 bits per heavy atom. The van der Waals surface area contributed by atoms with Crippen LogP contribution in [-0.4, -0.2) is 71.3 Å². The predicted octanol–water partition coefficient (Wildman–Crippen LogP) is 1.08. The third-order valence-corrected chi connectivity index (χ3v) is 5.38. The van der Waals surface area contributed by atoms with Gasteiger partial charge in [0, 0.05) is 45.7 Å². The average molecular weight is 293 g/mol. The maximum atomic E-state index is 12.7. The number of likely N-dealkylation sites (tertiary alicyclic amines) is 1. The zero-order valence-electron chi connectivity index (χ0n) is 13.1. The largest absolute Gasteiger partial charge is 0.340 e. The van der Waals surface area contributed by atoms with Crippen LogP contribution in [0.2, 0.25) is 0 Å². The Hall–Kier alpha value is -1.10. The Bertz CT molecular complexity index is 408. The maximum absolute atomic E-state index is 12.7. The summed E-state index contributed by atoms with van der Waals surface area (Å²) in [6.07, 6.45) is 6.87. The van der Waals surface area contributed by atoms with Gasteiger partial charge in [0.2, 0.25) is 11.8 Å². The van der Waals surface area contributed by atoms with Gasteiger partial charge < -0.3 is 9.80 Å². The van der Waals surface area contributed by atoms with Crippen molar-refractivity contribution in [2.24, 2.45) is 0 Å². The van der Waals surface area contributed by atoms with E-state index in [1.54, 1.807) is 11.8 Å². The molecule has 118 valence electrons. The highest BCUT2D eigenvalue weighted by Crippen LogP contribution is 2.26. The van der Waals surface area contributed by atoms with Crippen LogP contribution in [0.4, 0.5) is 0 Å². The van der Waals surface area contributed by atoms with Crippen molar-refractivity contribution in [3.63, 3.8) is 0 Å². The lowest BCUT2D eigenvalue weighted by molar-refractivity contribution is -0.142. The van der Waals surface area contributed by atoms with Crippen molar-refractivity contribution < 1.29 is 9.59 Å². The van der Waals surface area contributed by atoms with Crippen molar-refractivity contribution in [1.82, 2.24) is 14.7 Å². The topological polar surface area (TPSA) is 43.9 Å². The first-order chi connectivity index (χ1) is 10.2. The van der Waals surface area contributed by atoms with Gasteiger partial charge in [0.1, 0.15) is 6.04 Å². The van der Waals surface area contributed by atoms with Crippen LogP contribution in [0.5, 0.6) is 0 Å². The van der Waals surface area contributed by atoms with Crippen LogP contribution in [0, 0.1) is 0 Å². The molecule has 3 fully saturated rings. The Morgan fingerprint density at radius 1 is 0.857 bits per heavy atom. The molecule has 1 aliphatic carbocycles. The second-order valence-electron chi connectivity index (χ2n) is 6.67. The summed E-state index contributed by atoms with van der Waals surface area (Å²) in [4.78, 5) is 30.7. The zero-order valence-corrected chi connectivity index (χ0v) is 13.1. The minimum atomic E-state index is -0.197. The molecule has 2 saturated heterocycles. The molecule has 0 radical (unpaired) electrons. The summed E-state index contributed by atoms with van der Waals surface area (Å²) in [6, 6.07) is 0.568. The minimum Gasteiger partial charge on any atom is -0.340 e. The summed E-state index contributed by atoms with van der Waals surface area (Å²) < 4.78 is 0. The van der Waals surface area contributed by atoms with E-state index in [0.29, 0.717) is 0 Å². The first-order valence-electron chi connectivity index (χ1n) is 8.47. The second kappa shape index (κ2) is 6.34. The Balaban J connectivity index is 1.58. The number of carbonyl (C=O) groups is 2. The molecule has 2 heterocycles. The molecule has 3 aliphatic rings. The molecule has 0 aromatic carbocycles. The minimum absolute atomic E-state index is 0.0387. The fraction of sp³-hybridized carbons (Fsp3) is 0.875. The molecule has 1 saturated carbocycles. The average Bonchev–Trinajstić information content (AvgIpc) is 2.77. The molecule has 0 spiro atoms. The molecule has 21 heavy (non-hydrogen) atoms. The van der Waals surface area contributed by atoms with E-state index in [9.17, 15) is 9.59 Å². The van der Waals surface area contributed by atoms with Crippen molar-refractivity contribution in [3.8, 4) is 0 Å². The lowest BCUT2D eigenvalue weighted by atomic mass is 9.91. The van der Waals surface area contributed by atoms with E-state index >= 15 is 0 Å². The Kier molecular flexibility index (Phi) is 4.48. The molecule has 0 unspecified atom stereocenters. The van der Waals surface area contributed by atoms with Crippen molar-refractivity contribution in [2.75, 3.05) is 32.7 Å². The first-order valence-corrected chi connectivity index (χ1v) is 8.47. The summed E-state index contributed by atoms with van der Waals surface area (Å²) >= 11 is 0. The van der Waals surface area contributed by atoms with E-state index in [1.807, 2.05) is 4.90 Å². The van der Waals surface area contributed by atoms with Gasteiger partial charge in [0.25, 0.3) is 0 Å². The number of rotatable bonds is 2. The molecule has 3 rings (SSSR count). The van der Waals surface area contributed by atoms with E-state index in [-0.39, 0.29) is 17.9 Å². The van der Waals surface area contributed by atoms with E-state index in [1.165, 1.54) is 19.3 Å². The molecule has 0 bridgehead atoms. The van der Waals surface area contributed by atoms with Gasteiger partial charge in [-0.05, 0) is 32.1 Å². The highest BCUT2D eigenvalue weighted by molar-refractivity contribution is 5.87. The van der Waals surface area contributed by atoms with Crippen molar-refractivity contribution in [1.29, 1.82) is 0 Å². The second-order valence-corrected chi connectivity index (χ2v) is 6.67. The van der Waals surface area contributed by atoms with Gasteiger partial charge in [-0.25, -0.2) is 0 Å². The zero-order chi connectivity index (χ0) is 14.8. The summed E-state index contributed by atoms with van der Waals surface area (Å²) in [6.45, 7) is 6.13. The fourth-order valence-electron chi connectivity index (χ4n) is 3.89. The molecular formula is C16H27N3O2. The van der Waals surface area contributed by atoms with Gasteiger partial charge in [-0.15, -0.1) is 0 Å². The highest BCUT2D eigenvalue weighted by atomic mass is 16.2.